The maximum atomic E-state index is 5.79. The highest BCUT2D eigenvalue weighted by Crippen LogP contribution is 2.19. The summed E-state index contributed by atoms with van der Waals surface area (Å²) in [6, 6.07) is 0. The van der Waals surface area contributed by atoms with Gasteiger partial charge in [-0.25, -0.2) is 0 Å². The summed E-state index contributed by atoms with van der Waals surface area (Å²) >= 11 is 0. The van der Waals surface area contributed by atoms with Gasteiger partial charge in [-0.2, -0.15) is 0 Å². The van der Waals surface area contributed by atoms with Gasteiger partial charge in [0.25, 0.3) is 0 Å². The van der Waals surface area contributed by atoms with Gasteiger partial charge in [-0.1, -0.05) is 52.3 Å². The first kappa shape index (κ1) is 16.1. The molecule has 0 heterocycles. The van der Waals surface area contributed by atoms with Crippen LogP contribution >= 0.6 is 0 Å². The number of unbranched alkanes of at least 4 members (excludes halogenated alkanes) is 1. The van der Waals surface area contributed by atoms with E-state index in [9.17, 15) is 0 Å². The second-order valence-corrected chi connectivity index (χ2v) is 5.12. The third-order valence-corrected chi connectivity index (χ3v) is 2.90. The molecule has 16 heavy (non-hydrogen) atoms. The summed E-state index contributed by atoms with van der Waals surface area (Å²) in [5.74, 6) is 0.726. The van der Waals surface area contributed by atoms with Gasteiger partial charge in [0, 0.05) is 12.1 Å². The second kappa shape index (κ2) is 9.15. The molecule has 0 aromatic heterocycles. The van der Waals surface area contributed by atoms with Gasteiger partial charge >= 0.3 is 0 Å². The molecule has 0 saturated carbocycles. The molecule has 0 aromatic carbocycles. The zero-order chi connectivity index (χ0) is 12.4. The van der Waals surface area contributed by atoms with E-state index in [4.69, 9.17) is 4.74 Å². The molecular formula is C13H28B2O. The molecule has 0 N–H and O–H groups in total. The molecule has 3 heteroatoms. The Kier molecular flexibility index (Phi) is 9.21. The van der Waals surface area contributed by atoms with Crippen molar-refractivity contribution in [3.63, 3.8) is 0 Å². The fourth-order valence-corrected chi connectivity index (χ4v) is 1.68. The minimum Gasteiger partial charge on any atom is -0.385 e. The average molecular weight is 222 g/mol. The molecular weight excluding hydrogens is 194 g/mol. The molecule has 0 aliphatic heterocycles. The molecule has 0 aromatic rings. The first-order chi connectivity index (χ1) is 7.55. The van der Waals surface area contributed by atoms with Gasteiger partial charge in [0.05, 0.1) is 7.17 Å². The lowest BCUT2D eigenvalue weighted by Crippen LogP contribution is -2.37. The lowest BCUT2D eigenvalue weighted by Gasteiger charge is -2.26. The van der Waals surface area contributed by atoms with Crippen molar-refractivity contribution in [1.82, 2.24) is 0 Å². The van der Waals surface area contributed by atoms with Gasteiger partial charge < -0.3 is 4.74 Å². The summed E-state index contributed by atoms with van der Waals surface area (Å²) < 4.78 is 5.79. The molecule has 1 atom stereocenters. The fraction of sp³-hybridized carbons (Fsp3) is 1.00. The van der Waals surface area contributed by atoms with E-state index in [1.165, 1.54) is 25.7 Å². The van der Waals surface area contributed by atoms with Crippen LogP contribution in [0.2, 0.25) is 5.82 Å². The first-order valence-electron chi connectivity index (χ1n) is 6.89. The highest BCUT2D eigenvalue weighted by atomic mass is 16.5. The zero-order valence-corrected chi connectivity index (χ0v) is 11.9. The topological polar surface area (TPSA) is 9.23 Å². The summed E-state index contributed by atoms with van der Waals surface area (Å²) in [6.45, 7) is 11.8. The predicted octanol–water partition coefficient (Wildman–Crippen LogP) is 3.86. The van der Waals surface area contributed by atoms with Gasteiger partial charge in [-0.3, -0.25) is 0 Å². The number of ether oxygens (including phenoxy) is 1. The smallest absolute Gasteiger partial charge is 0.109 e. The average Bonchev–Trinajstić information content (AvgIpc) is 2.27. The van der Waals surface area contributed by atoms with Crippen molar-refractivity contribution in [2.75, 3.05) is 6.61 Å². The lowest BCUT2D eigenvalue weighted by atomic mass is 9.28. The van der Waals surface area contributed by atoms with Crippen molar-refractivity contribution in [2.45, 2.75) is 78.0 Å². The van der Waals surface area contributed by atoms with Crippen LogP contribution in [0, 0.1) is 0 Å². The summed E-state index contributed by atoms with van der Waals surface area (Å²) in [5, 5.41) is 0. The predicted molar refractivity (Wildman–Crippen MR) is 75.4 cm³/mol. The molecule has 0 rings (SSSR count). The SMILES string of the molecule is CCCCC([B][B]C(C)(C)OCCC)CC. The Morgan fingerprint density at radius 2 is 1.81 bits per heavy atom. The van der Waals surface area contributed by atoms with Crippen LogP contribution in [0.15, 0.2) is 0 Å². The highest BCUT2D eigenvalue weighted by Gasteiger charge is 2.21. The van der Waals surface area contributed by atoms with E-state index < -0.39 is 0 Å². The van der Waals surface area contributed by atoms with Crippen molar-refractivity contribution in [2.24, 2.45) is 0 Å². The third-order valence-electron chi connectivity index (χ3n) is 2.90. The molecule has 1 nitrogen and oxygen atoms in total. The van der Waals surface area contributed by atoms with Gasteiger partial charge in [0.2, 0.25) is 0 Å². The standard InChI is InChI=1S/C13H28B2O/c1-6-9-10-12(8-3)14-15-13(4,5)16-11-7-2/h12H,6-11H2,1-5H3. The first-order valence-corrected chi connectivity index (χ1v) is 6.89. The monoisotopic (exact) mass is 222 g/mol. The molecule has 1 unspecified atom stereocenters. The van der Waals surface area contributed by atoms with E-state index in [0.717, 1.165) is 18.8 Å². The molecule has 0 spiro atoms. The van der Waals surface area contributed by atoms with Crippen LogP contribution in [0.1, 0.15) is 66.7 Å². The molecule has 92 valence electrons. The number of hydrogen-bond donors (Lipinski definition) is 0. The molecule has 2 radical (unpaired) electrons. The molecule has 0 fully saturated rings. The quantitative estimate of drug-likeness (QED) is 0.510. The van der Waals surface area contributed by atoms with E-state index in [1.807, 2.05) is 0 Å². The Hall–Kier alpha value is 0.0899. The van der Waals surface area contributed by atoms with E-state index in [2.05, 4.69) is 49.0 Å². The summed E-state index contributed by atoms with van der Waals surface area (Å²) in [4.78, 5) is 0. The van der Waals surface area contributed by atoms with E-state index in [1.54, 1.807) is 0 Å². The molecule has 0 aliphatic carbocycles. The minimum atomic E-state index is -0.102. The Morgan fingerprint density at radius 1 is 1.12 bits per heavy atom. The fourth-order valence-electron chi connectivity index (χ4n) is 1.68. The van der Waals surface area contributed by atoms with Crippen molar-refractivity contribution in [1.29, 1.82) is 0 Å². The van der Waals surface area contributed by atoms with Crippen LogP contribution in [0.4, 0.5) is 0 Å². The van der Waals surface area contributed by atoms with Gasteiger partial charge in [-0.15, -0.1) is 0 Å². The third kappa shape index (κ3) is 8.27. The van der Waals surface area contributed by atoms with Crippen LogP contribution < -0.4 is 0 Å². The maximum Gasteiger partial charge on any atom is 0.109 e. The van der Waals surface area contributed by atoms with Gasteiger partial charge in [0.15, 0.2) is 0 Å². The Labute approximate surface area is 104 Å². The van der Waals surface area contributed by atoms with Gasteiger partial charge in [-0.05, 0) is 20.3 Å². The Bertz CT molecular complexity index is 160. The van der Waals surface area contributed by atoms with Crippen LogP contribution in [0.3, 0.4) is 0 Å². The Morgan fingerprint density at radius 3 is 2.31 bits per heavy atom. The summed E-state index contributed by atoms with van der Waals surface area (Å²) in [5.41, 5.74) is -0.102. The zero-order valence-electron chi connectivity index (χ0n) is 11.9. The van der Waals surface area contributed by atoms with Crippen LogP contribution in [-0.2, 0) is 4.74 Å². The summed E-state index contributed by atoms with van der Waals surface area (Å²) in [6.07, 6.45) is 6.26. The molecule has 0 saturated heterocycles. The normalized spacial score (nSPS) is 13.6. The summed E-state index contributed by atoms with van der Waals surface area (Å²) in [7, 11) is 4.60. The molecule has 0 amide bonds. The van der Waals surface area contributed by atoms with Crippen LogP contribution in [-0.4, -0.2) is 26.4 Å². The van der Waals surface area contributed by atoms with Crippen molar-refractivity contribution in [3.05, 3.63) is 0 Å². The van der Waals surface area contributed by atoms with E-state index in [0.29, 0.717) is 0 Å². The lowest BCUT2D eigenvalue weighted by molar-refractivity contribution is 0.0450. The maximum absolute atomic E-state index is 5.79. The van der Waals surface area contributed by atoms with E-state index in [-0.39, 0.29) is 5.50 Å². The number of rotatable bonds is 10. The molecule has 0 bridgehead atoms. The second-order valence-electron chi connectivity index (χ2n) is 5.12. The minimum absolute atomic E-state index is 0.102. The van der Waals surface area contributed by atoms with Crippen LogP contribution in [0.25, 0.3) is 0 Å². The Balaban J connectivity index is 3.80. The van der Waals surface area contributed by atoms with E-state index >= 15 is 0 Å². The largest absolute Gasteiger partial charge is 0.385 e. The van der Waals surface area contributed by atoms with Crippen molar-refractivity contribution < 1.29 is 4.74 Å². The van der Waals surface area contributed by atoms with Crippen LogP contribution in [0.5, 0.6) is 0 Å². The highest BCUT2D eigenvalue weighted by molar-refractivity contribution is 7.02. The van der Waals surface area contributed by atoms with Crippen molar-refractivity contribution >= 4 is 14.3 Å². The van der Waals surface area contributed by atoms with Gasteiger partial charge in [0.1, 0.15) is 7.17 Å². The van der Waals surface area contributed by atoms with Crippen molar-refractivity contribution in [3.8, 4) is 0 Å². The number of hydrogen-bond acceptors (Lipinski definition) is 1. The molecule has 0 aliphatic rings.